The van der Waals surface area contributed by atoms with Crippen molar-refractivity contribution in [1.29, 1.82) is 0 Å². The Hall–Kier alpha value is -3.35. The van der Waals surface area contributed by atoms with Gasteiger partial charge in [0.15, 0.2) is 11.5 Å². The number of hydrogen-bond acceptors (Lipinski definition) is 4. The molecule has 0 aromatic heterocycles. The maximum atomic E-state index is 13.5. The molecule has 0 atom stereocenters. The van der Waals surface area contributed by atoms with Crippen LogP contribution in [-0.4, -0.2) is 39.1 Å². The quantitative estimate of drug-likeness (QED) is 0.551. The minimum atomic E-state index is -0.399. The third-order valence-electron chi connectivity index (χ3n) is 3.68. The van der Waals surface area contributed by atoms with Crippen LogP contribution in [0.15, 0.2) is 48.5 Å². The molecule has 0 heterocycles. The van der Waals surface area contributed by atoms with Crippen LogP contribution < -0.4 is 20.1 Å². The van der Waals surface area contributed by atoms with Crippen LogP contribution in [0.25, 0.3) is 6.08 Å². The number of amides is 2. The Morgan fingerprint density at radius 2 is 1.70 bits per heavy atom. The molecule has 0 aliphatic rings. The molecule has 0 saturated carbocycles. The van der Waals surface area contributed by atoms with Gasteiger partial charge in [-0.15, -0.1) is 0 Å². The fourth-order valence-electron chi connectivity index (χ4n) is 2.28. The zero-order chi connectivity index (χ0) is 19.6. The third kappa shape index (κ3) is 5.85. The molecule has 142 valence electrons. The minimum absolute atomic E-state index is 0.236. The Morgan fingerprint density at radius 1 is 1.00 bits per heavy atom. The van der Waals surface area contributed by atoms with Gasteiger partial charge in [0.1, 0.15) is 5.82 Å². The van der Waals surface area contributed by atoms with Gasteiger partial charge in [-0.25, -0.2) is 4.39 Å². The highest BCUT2D eigenvalue weighted by atomic mass is 19.1. The van der Waals surface area contributed by atoms with Crippen molar-refractivity contribution in [2.75, 3.05) is 27.3 Å². The average Bonchev–Trinajstić information content (AvgIpc) is 2.69. The Kier molecular flexibility index (Phi) is 7.37. The van der Waals surface area contributed by atoms with Crippen molar-refractivity contribution in [1.82, 2.24) is 10.6 Å². The molecule has 0 radical (unpaired) electrons. The first kappa shape index (κ1) is 20.0. The second-order valence-corrected chi connectivity index (χ2v) is 5.47. The predicted octanol–water partition coefficient (Wildman–Crippen LogP) is 2.40. The second kappa shape index (κ2) is 9.96. The van der Waals surface area contributed by atoms with Crippen LogP contribution >= 0.6 is 0 Å². The zero-order valence-electron chi connectivity index (χ0n) is 15.1. The van der Waals surface area contributed by atoms with Gasteiger partial charge in [0, 0.05) is 30.3 Å². The summed E-state index contributed by atoms with van der Waals surface area (Å²) in [6, 6.07) is 11.0. The molecule has 2 rings (SSSR count). The van der Waals surface area contributed by atoms with Crippen LogP contribution in [0, 0.1) is 5.82 Å². The van der Waals surface area contributed by atoms with Gasteiger partial charge in [-0.2, -0.15) is 0 Å². The van der Waals surface area contributed by atoms with E-state index in [4.69, 9.17) is 9.47 Å². The van der Waals surface area contributed by atoms with Crippen molar-refractivity contribution in [3.8, 4) is 11.5 Å². The number of methoxy groups -OCH3 is 2. The Balaban J connectivity index is 1.78. The summed E-state index contributed by atoms with van der Waals surface area (Å²) in [6.45, 7) is 0.478. The molecular formula is C20H21FN2O4. The first-order chi connectivity index (χ1) is 13.0. The lowest BCUT2D eigenvalue weighted by atomic mass is 10.2. The Labute approximate surface area is 157 Å². The molecule has 7 heteroatoms. The standard InChI is InChI=1S/C20H21FN2O4/c1-26-17-9-7-15(13-18(17)27-2)20(25)23-12-11-22-19(24)10-8-14-5-3-4-6-16(14)21/h3-10,13H,11-12H2,1-2H3,(H,22,24)(H,23,25)/b10-8+. The summed E-state index contributed by atoms with van der Waals surface area (Å²) in [6.07, 6.45) is 2.64. The van der Waals surface area contributed by atoms with Crippen LogP contribution in [-0.2, 0) is 4.79 Å². The number of carbonyl (C=O) groups is 2. The van der Waals surface area contributed by atoms with E-state index in [9.17, 15) is 14.0 Å². The van der Waals surface area contributed by atoms with E-state index in [1.807, 2.05) is 0 Å². The van der Waals surface area contributed by atoms with Gasteiger partial charge in [0.25, 0.3) is 5.91 Å². The van der Waals surface area contributed by atoms with E-state index < -0.39 is 5.82 Å². The smallest absolute Gasteiger partial charge is 0.251 e. The number of benzene rings is 2. The first-order valence-corrected chi connectivity index (χ1v) is 8.26. The van der Waals surface area contributed by atoms with Crippen molar-refractivity contribution in [2.24, 2.45) is 0 Å². The van der Waals surface area contributed by atoms with Crippen molar-refractivity contribution in [2.45, 2.75) is 0 Å². The summed E-state index contributed by atoms with van der Waals surface area (Å²) in [5.41, 5.74) is 0.743. The summed E-state index contributed by atoms with van der Waals surface area (Å²) in [4.78, 5) is 23.9. The van der Waals surface area contributed by atoms with E-state index in [0.717, 1.165) is 0 Å². The summed E-state index contributed by atoms with van der Waals surface area (Å²) in [5, 5.41) is 5.30. The van der Waals surface area contributed by atoms with E-state index in [1.54, 1.807) is 36.4 Å². The number of ether oxygens (including phenoxy) is 2. The third-order valence-corrected chi connectivity index (χ3v) is 3.68. The molecule has 0 bridgehead atoms. The van der Waals surface area contributed by atoms with Crippen LogP contribution in [0.1, 0.15) is 15.9 Å². The molecule has 0 aliphatic carbocycles. The fourth-order valence-corrected chi connectivity index (χ4v) is 2.28. The SMILES string of the molecule is COc1ccc(C(=O)NCCNC(=O)/C=C/c2ccccc2F)cc1OC. The van der Waals surface area contributed by atoms with Crippen LogP contribution in [0.3, 0.4) is 0 Å². The Morgan fingerprint density at radius 3 is 2.41 bits per heavy atom. The van der Waals surface area contributed by atoms with E-state index in [0.29, 0.717) is 22.6 Å². The molecule has 0 spiro atoms. The monoisotopic (exact) mass is 372 g/mol. The fraction of sp³-hybridized carbons (Fsp3) is 0.200. The maximum absolute atomic E-state index is 13.5. The lowest BCUT2D eigenvalue weighted by molar-refractivity contribution is -0.116. The summed E-state index contributed by atoms with van der Waals surface area (Å²) < 4.78 is 23.7. The molecule has 27 heavy (non-hydrogen) atoms. The van der Waals surface area contributed by atoms with Gasteiger partial charge in [-0.05, 0) is 30.3 Å². The van der Waals surface area contributed by atoms with Crippen LogP contribution in [0.4, 0.5) is 4.39 Å². The highest BCUT2D eigenvalue weighted by Gasteiger charge is 2.10. The van der Waals surface area contributed by atoms with E-state index in [-0.39, 0.29) is 24.9 Å². The zero-order valence-corrected chi connectivity index (χ0v) is 15.1. The van der Waals surface area contributed by atoms with Gasteiger partial charge < -0.3 is 20.1 Å². The summed E-state index contributed by atoms with van der Waals surface area (Å²) >= 11 is 0. The topological polar surface area (TPSA) is 76.7 Å². The van der Waals surface area contributed by atoms with E-state index in [1.165, 1.54) is 32.4 Å². The molecule has 0 aliphatic heterocycles. The molecule has 2 aromatic rings. The van der Waals surface area contributed by atoms with Gasteiger partial charge in [-0.3, -0.25) is 9.59 Å². The summed E-state index contributed by atoms with van der Waals surface area (Å²) in [5.74, 6) is -0.0888. The van der Waals surface area contributed by atoms with Gasteiger partial charge in [-0.1, -0.05) is 18.2 Å². The normalized spacial score (nSPS) is 10.5. The number of nitrogens with one attached hydrogen (secondary N) is 2. The molecule has 6 nitrogen and oxygen atoms in total. The van der Waals surface area contributed by atoms with Gasteiger partial charge >= 0.3 is 0 Å². The molecule has 2 N–H and O–H groups in total. The number of halogens is 1. The number of rotatable bonds is 8. The number of carbonyl (C=O) groups excluding carboxylic acids is 2. The maximum Gasteiger partial charge on any atom is 0.251 e. The lowest BCUT2D eigenvalue weighted by Gasteiger charge is -2.10. The van der Waals surface area contributed by atoms with Crippen molar-refractivity contribution in [3.63, 3.8) is 0 Å². The highest BCUT2D eigenvalue weighted by Crippen LogP contribution is 2.27. The highest BCUT2D eigenvalue weighted by molar-refractivity contribution is 5.95. The van der Waals surface area contributed by atoms with E-state index >= 15 is 0 Å². The molecule has 2 amide bonds. The Bertz CT molecular complexity index is 836. The average molecular weight is 372 g/mol. The van der Waals surface area contributed by atoms with E-state index in [2.05, 4.69) is 10.6 Å². The van der Waals surface area contributed by atoms with Crippen molar-refractivity contribution < 1.29 is 23.5 Å². The van der Waals surface area contributed by atoms with Gasteiger partial charge in [0.05, 0.1) is 14.2 Å². The molecule has 0 fully saturated rings. The molecule has 0 saturated heterocycles. The second-order valence-electron chi connectivity index (χ2n) is 5.47. The first-order valence-electron chi connectivity index (χ1n) is 8.26. The van der Waals surface area contributed by atoms with Gasteiger partial charge in [0.2, 0.25) is 5.91 Å². The van der Waals surface area contributed by atoms with Crippen molar-refractivity contribution >= 4 is 17.9 Å². The molecular weight excluding hydrogens is 351 g/mol. The summed E-state index contributed by atoms with van der Waals surface area (Å²) in [7, 11) is 3.00. The largest absolute Gasteiger partial charge is 0.493 e. The molecule has 0 unspecified atom stereocenters. The molecule has 2 aromatic carbocycles. The minimum Gasteiger partial charge on any atom is -0.493 e. The number of hydrogen-bond donors (Lipinski definition) is 2. The predicted molar refractivity (Wildman–Crippen MR) is 100 cm³/mol. The lowest BCUT2D eigenvalue weighted by Crippen LogP contribution is -2.34. The van der Waals surface area contributed by atoms with Crippen LogP contribution in [0.5, 0.6) is 11.5 Å². The van der Waals surface area contributed by atoms with Crippen molar-refractivity contribution in [3.05, 3.63) is 65.5 Å². The van der Waals surface area contributed by atoms with Crippen LogP contribution in [0.2, 0.25) is 0 Å².